The van der Waals surface area contributed by atoms with Gasteiger partial charge >= 0.3 is 0 Å². The molecule has 1 N–H and O–H groups in total. The van der Waals surface area contributed by atoms with Gasteiger partial charge in [-0.2, -0.15) is 0 Å². The largest absolute Gasteiger partial charge is 0.497 e. The van der Waals surface area contributed by atoms with E-state index in [-0.39, 0.29) is 29.4 Å². The van der Waals surface area contributed by atoms with Crippen molar-refractivity contribution in [2.45, 2.75) is 19.1 Å². The molecule has 0 spiro atoms. The van der Waals surface area contributed by atoms with Crippen LogP contribution in [0.4, 0.5) is 4.39 Å². The van der Waals surface area contributed by atoms with Gasteiger partial charge in [0, 0.05) is 6.54 Å². The average Bonchev–Trinajstić information content (AvgIpc) is 2.60. The third-order valence-electron chi connectivity index (χ3n) is 3.80. The highest BCUT2D eigenvalue weighted by atomic mass is 19.1. The molecule has 0 saturated heterocycles. The number of ketones is 1. The van der Waals surface area contributed by atoms with E-state index in [9.17, 15) is 14.0 Å². The zero-order valence-corrected chi connectivity index (χ0v) is 13.0. The maximum Gasteiger partial charge on any atom is 0.261 e. The highest BCUT2D eigenvalue weighted by molar-refractivity contribution is 6.03. The molecule has 0 unspecified atom stereocenters. The van der Waals surface area contributed by atoms with Crippen LogP contribution >= 0.6 is 0 Å². The molecule has 0 bridgehead atoms. The first kappa shape index (κ1) is 16.0. The van der Waals surface area contributed by atoms with E-state index >= 15 is 0 Å². The quantitative estimate of drug-likeness (QED) is 0.936. The normalized spacial score (nSPS) is 16.1. The van der Waals surface area contributed by atoms with Gasteiger partial charge in [0.05, 0.1) is 19.1 Å². The second-order valence-corrected chi connectivity index (χ2v) is 5.44. The van der Waals surface area contributed by atoms with E-state index in [1.165, 1.54) is 12.1 Å². The number of Topliss-reactive ketones (excluding diaryl/α,β-unsaturated/α-hetero) is 1. The topological polar surface area (TPSA) is 64.6 Å². The summed E-state index contributed by atoms with van der Waals surface area (Å²) >= 11 is 0. The Morgan fingerprint density at radius 1 is 1.29 bits per heavy atom. The van der Waals surface area contributed by atoms with Gasteiger partial charge in [-0.25, -0.2) is 4.39 Å². The summed E-state index contributed by atoms with van der Waals surface area (Å²) in [6.07, 6.45) is -1.01. The van der Waals surface area contributed by atoms with Crippen molar-refractivity contribution in [1.29, 1.82) is 0 Å². The van der Waals surface area contributed by atoms with Crippen LogP contribution in [0.3, 0.4) is 0 Å². The summed E-state index contributed by atoms with van der Waals surface area (Å²) < 4.78 is 23.8. The van der Waals surface area contributed by atoms with Crippen molar-refractivity contribution >= 4 is 11.7 Å². The van der Waals surface area contributed by atoms with Gasteiger partial charge in [-0.05, 0) is 35.9 Å². The fraction of sp³-hybridized carbons (Fsp3) is 0.222. The molecule has 0 fully saturated rings. The predicted octanol–water partition coefficient (Wildman–Crippen LogP) is 2.48. The van der Waals surface area contributed by atoms with Gasteiger partial charge in [0.25, 0.3) is 5.91 Å². The van der Waals surface area contributed by atoms with E-state index < -0.39 is 11.9 Å². The number of methoxy groups -OCH3 is 1. The number of hydrogen-bond donors (Lipinski definition) is 1. The molecule has 0 saturated carbocycles. The lowest BCUT2D eigenvalue weighted by atomic mass is 10.00. The van der Waals surface area contributed by atoms with Gasteiger partial charge < -0.3 is 14.8 Å². The van der Waals surface area contributed by atoms with Crippen molar-refractivity contribution in [1.82, 2.24) is 5.32 Å². The second-order valence-electron chi connectivity index (χ2n) is 5.44. The van der Waals surface area contributed by atoms with Gasteiger partial charge in [0.2, 0.25) is 0 Å². The summed E-state index contributed by atoms with van der Waals surface area (Å²) in [5.74, 6) is -0.227. The Morgan fingerprint density at radius 3 is 2.75 bits per heavy atom. The Balaban J connectivity index is 1.63. The van der Waals surface area contributed by atoms with Crippen LogP contribution < -0.4 is 14.8 Å². The first-order valence-corrected chi connectivity index (χ1v) is 7.47. The Labute approximate surface area is 138 Å². The average molecular weight is 329 g/mol. The molecule has 1 amide bonds. The van der Waals surface area contributed by atoms with Crippen molar-refractivity contribution in [2.24, 2.45) is 0 Å². The van der Waals surface area contributed by atoms with Gasteiger partial charge in [-0.1, -0.05) is 12.1 Å². The van der Waals surface area contributed by atoms with Crippen molar-refractivity contribution in [3.05, 3.63) is 59.4 Å². The Hall–Kier alpha value is -2.89. The van der Waals surface area contributed by atoms with Crippen molar-refractivity contribution in [3.63, 3.8) is 0 Å². The van der Waals surface area contributed by atoms with E-state index in [4.69, 9.17) is 9.47 Å². The van der Waals surface area contributed by atoms with Crippen LogP contribution in [0.5, 0.6) is 11.5 Å². The number of ether oxygens (including phenoxy) is 2. The molecule has 1 aliphatic heterocycles. The molecular formula is C18H16FNO4. The first-order chi connectivity index (χ1) is 11.6. The number of carbonyl (C=O) groups excluding carboxylic acids is 2. The molecule has 0 radical (unpaired) electrons. The molecule has 5 nitrogen and oxygen atoms in total. The highest BCUT2D eigenvalue weighted by Gasteiger charge is 2.31. The van der Waals surface area contributed by atoms with Gasteiger partial charge in [-0.3, -0.25) is 9.59 Å². The fourth-order valence-corrected chi connectivity index (χ4v) is 2.49. The summed E-state index contributed by atoms with van der Waals surface area (Å²) in [4.78, 5) is 24.3. The lowest BCUT2D eigenvalue weighted by Crippen LogP contribution is -2.41. The Morgan fingerprint density at radius 2 is 2.04 bits per heavy atom. The smallest absolute Gasteiger partial charge is 0.261 e. The summed E-state index contributed by atoms with van der Waals surface area (Å²) in [5.41, 5.74) is 1.07. The molecule has 0 aromatic heterocycles. The van der Waals surface area contributed by atoms with E-state index in [1.54, 1.807) is 19.2 Å². The van der Waals surface area contributed by atoms with Crippen molar-refractivity contribution < 1.29 is 23.5 Å². The standard InChI is InChI=1S/C18H16FNO4/c1-23-13-5-2-11(3-6-13)10-20-18(22)17-9-15(21)14-8-12(19)4-7-16(14)24-17/h2-8,17H,9-10H2,1H3,(H,20,22)/t17-/m1/s1. The van der Waals surface area contributed by atoms with Crippen LogP contribution in [0.1, 0.15) is 22.3 Å². The number of rotatable bonds is 4. The van der Waals surface area contributed by atoms with E-state index in [0.29, 0.717) is 6.54 Å². The SMILES string of the molecule is COc1ccc(CNC(=O)[C@H]2CC(=O)c3cc(F)ccc3O2)cc1. The molecule has 0 aliphatic carbocycles. The number of halogens is 1. The Kier molecular flexibility index (Phi) is 4.46. The summed E-state index contributed by atoms with van der Waals surface area (Å²) in [7, 11) is 1.58. The van der Waals surface area contributed by atoms with Gasteiger partial charge in [0.1, 0.15) is 17.3 Å². The first-order valence-electron chi connectivity index (χ1n) is 7.47. The summed E-state index contributed by atoms with van der Waals surface area (Å²) in [5, 5.41) is 2.74. The molecule has 1 aliphatic rings. The lowest BCUT2D eigenvalue weighted by Gasteiger charge is -2.24. The minimum Gasteiger partial charge on any atom is -0.497 e. The molecule has 2 aromatic carbocycles. The number of hydrogen-bond acceptors (Lipinski definition) is 4. The molecule has 3 rings (SSSR count). The minimum atomic E-state index is -0.909. The van der Waals surface area contributed by atoms with E-state index in [1.807, 2.05) is 12.1 Å². The van der Waals surface area contributed by atoms with Crippen LogP contribution in [-0.4, -0.2) is 24.9 Å². The number of fused-ring (bicyclic) bond motifs is 1. The van der Waals surface area contributed by atoms with Crippen LogP contribution in [-0.2, 0) is 11.3 Å². The molecule has 2 aromatic rings. The third kappa shape index (κ3) is 3.37. The summed E-state index contributed by atoms with van der Waals surface area (Å²) in [6.45, 7) is 0.313. The van der Waals surface area contributed by atoms with Crippen LogP contribution in [0.2, 0.25) is 0 Å². The number of benzene rings is 2. The zero-order valence-electron chi connectivity index (χ0n) is 13.0. The number of carbonyl (C=O) groups is 2. The maximum absolute atomic E-state index is 13.2. The monoisotopic (exact) mass is 329 g/mol. The van der Waals surface area contributed by atoms with Crippen LogP contribution in [0.15, 0.2) is 42.5 Å². The summed E-state index contributed by atoms with van der Waals surface area (Å²) in [6, 6.07) is 11.0. The number of nitrogens with one attached hydrogen (secondary N) is 1. The van der Waals surface area contributed by atoms with Gasteiger partial charge in [0.15, 0.2) is 11.9 Å². The third-order valence-corrected chi connectivity index (χ3v) is 3.80. The molecule has 1 atom stereocenters. The number of amides is 1. The molecule has 24 heavy (non-hydrogen) atoms. The van der Waals surface area contributed by atoms with Crippen LogP contribution in [0.25, 0.3) is 0 Å². The highest BCUT2D eigenvalue weighted by Crippen LogP contribution is 2.28. The predicted molar refractivity (Wildman–Crippen MR) is 84.6 cm³/mol. The van der Waals surface area contributed by atoms with E-state index in [0.717, 1.165) is 17.4 Å². The van der Waals surface area contributed by atoms with Gasteiger partial charge in [-0.15, -0.1) is 0 Å². The molecule has 1 heterocycles. The second kappa shape index (κ2) is 6.70. The molecule has 6 heteroatoms. The Bertz CT molecular complexity index is 773. The van der Waals surface area contributed by atoms with E-state index in [2.05, 4.69) is 5.32 Å². The zero-order chi connectivity index (χ0) is 17.1. The molecule has 124 valence electrons. The molecular weight excluding hydrogens is 313 g/mol. The van der Waals surface area contributed by atoms with Crippen molar-refractivity contribution in [3.8, 4) is 11.5 Å². The minimum absolute atomic E-state index is 0.106. The van der Waals surface area contributed by atoms with Crippen molar-refractivity contribution in [2.75, 3.05) is 7.11 Å². The lowest BCUT2D eigenvalue weighted by molar-refractivity contribution is -0.128. The fourth-order valence-electron chi connectivity index (χ4n) is 2.49. The maximum atomic E-state index is 13.2. The van der Waals surface area contributed by atoms with Crippen LogP contribution in [0, 0.1) is 5.82 Å².